The Morgan fingerprint density at radius 3 is 2.55 bits per heavy atom. The third-order valence-electron chi connectivity index (χ3n) is 4.14. The van der Waals surface area contributed by atoms with Crippen LogP contribution in [0, 0.1) is 5.92 Å². The number of morpholine rings is 1. The highest BCUT2D eigenvalue weighted by Gasteiger charge is 2.29. The zero-order valence-electron chi connectivity index (χ0n) is 11.7. The summed E-state index contributed by atoms with van der Waals surface area (Å²) in [7, 11) is 0. The smallest absolute Gasteiger partial charge is 0.225 e. The minimum absolute atomic E-state index is 0.174. The lowest BCUT2D eigenvalue weighted by Gasteiger charge is -2.36. The van der Waals surface area contributed by atoms with Crippen molar-refractivity contribution in [3.63, 3.8) is 0 Å². The summed E-state index contributed by atoms with van der Waals surface area (Å²) in [5.41, 5.74) is 0. The van der Waals surface area contributed by atoms with Crippen LogP contribution in [0.1, 0.15) is 12.8 Å². The van der Waals surface area contributed by atoms with Gasteiger partial charge in [0.15, 0.2) is 0 Å². The molecule has 1 amide bonds. The standard InChI is InChI=1S/C15H21N3O2/c19-15(18-9-11-20-12-10-18)13-4-7-17(8-5-13)14-3-1-2-6-16-14/h1-3,6,13H,4-5,7-12H2. The first kappa shape index (κ1) is 13.4. The number of pyridine rings is 1. The van der Waals surface area contributed by atoms with Gasteiger partial charge in [-0.3, -0.25) is 4.79 Å². The topological polar surface area (TPSA) is 45.7 Å². The molecular weight excluding hydrogens is 254 g/mol. The van der Waals surface area contributed by atoms with E-state index in [1.54, 1.807) is 0 Å². The van der Waals surface area contributed by atoms with Gasteiger partial charge in [0, 0.05) is 38.3 Å². The number of aromatic nitrogens is 1. The lowest BCUT2D eigenvalue weighted by Crippen LogP contribution is -2.46. The van der Waals surface area contributed by atoms with Crippen molar-refractivity contribution in [1.29, 1.82) is 0 Å². The molecule has 2 fully saturated rings. The van der Waals surface area contributed by atoms with Crippen LogP contribution in [0.15, 0.2) is 24.4 Å². The third-order valence-corrected chi connectivity index (χ3v) is 4.14. The summed E-state index contributed by atoms with van der Waals surface area (Å²) in [6, 6.07) is 5.97. The Bertz CT molecular complexity index is 438. The SMILES string of the molecule is O=C(C1CCN(c2ccccn2)CC1)N1CCOCC1. The molecule has 0 N–H and O–H groups in total. The largest absolute Gasteiger partial charge is 0.378 e. The fourth-order valence-electron chi connectivity index (χ4n) is 2.94. The molecule has 2 aliphatic rings. The van der Waals surface area contributed by atoms with Crippen molar-refractivity contribution in [3.05, 3.63) is 24.4 Å². The van der Waals surface area contributed by atoms with Gasteiger partial charge in [-0.2, -0.15) is 0 Å². The van der Waals surface area contributed by atoms with Gasteiger partial charge in [0.05, 0.1) is 13.2 Å². The molecule has 108 valence electrons. The molecule has 1 aromatic rings. The Labute approximate surface area is 119 Å². The number of anilines is 1. The van der Waals surface area contributed by atoms with Gasteiger partial charge in [-0.15, -0.1) is 0 Å². The van der Waals surface area contributed by atoms with E-state index in [2.05, 4.69) is 9.88 Å². The summed E-state index contributed by atoms with van der Waals surface area (Å²) in [6.45, 7) is 4.69. The maximum absolute atomic E-state index is 12.4. The summed E-state index contributed by atoms with van der Waals surface area (Å²) in [6.07, 6.45) is 3.67. The van der Waals surface area contributed by atoms with Crippen LogP contribution in [0.5, 0.6) is 0 Å². The van der Waals surface area contributed by atoms with Crippen molar-refractivity contribution in [1.82, 2.24) is 9.88 Å². The van der Waals surface area contributed by atoms with Gasteiger partial charge in [0.2, 0.25) is 5.91 Å². The highest BCUT2D eigenvalue weighted by Crippen LogP contribution is 2.23. The zero-order chi connectivity index (χ0) is 13.8. The molecule has 3 rings (SSSR count). The molecule has 5 heteroatoms. The number of nitrogens with zero attached hydrogens (tertiary/aromatic N) is 3. The van der Waals surface area contributed by atoms with E-state index in [1.165, 1.54) is 0 Å². The average Bonchev–Trinajstić information content (AvgIpc) is 2.56. The van der Waals surface area contributed by atoms with Crippen LogP contribution in [0.3, 0.4) is 0 Å². The number of hydrogen-bond donors (Lipinski definition) is 0. The Hall–Kier alpha value is -1.62. The van der Waals surface area contributed by atoms with Crippen LogP contribution in [-0.2, 0) is 9.53 Å². The predicted octanol–water partition coefficient (Wildman–Crippen LogP) is 1.16. The first-order valence-electron chi connectivity index (χ1n) is 7.37. The van der Waals surface area contributed by atoms with E-state index in [-0.39, 0.29) is 5.92 Å². The van der Waals surface area contributed by atoms with E-state index >= 15 is 0 Å². The Kier molecular flexibility index (Phi) is 4.16. The van der Waals surface area contributed by atoms with Crippen LogP contribution in [-0.4, -0.2) is 55.2 Å². The molecule has 0 radical (unpaired) electrons. The molecule has 0 saturated carbocycles. The van der Waals surface area contributed by atoms with Gasteiger partial charge in [0.25, 0.3) is 0 Å². The fraction of sp³-hybridized carbons (Fsp3) is 0.600. The highest BCUT2D eigenvalue weighted by molar-refractivity contribution is 5.79. The van der Waals surface area contributed by atoms with Gasteiger partial charge in [-0.1, -0.05) is 6.07 Å². The molecular formula is C15H21N3O2. The molecule has 0 bridgehead atoms. The van der Waals surface area contributed by atoms with Gasteiger partial charge >= 0.3 is 0 Å². The Morgan fingerprint density at radius 2 is 1.90 bits per heavy atom. The van der Waals surface area contributed by atoms with E-state index in [9.17, 15) is 4.79 Å². The van der Waals surface area contributed by atoms with Crippen LogP contribution in [0.25, 0.3) is 0 Å². The van der Waals surface area contributed by atoms with Crippen molar-refractivity contribution in [3.8, 4) is 0 Å². The molecule has 2 saturated heterocycles. The number of rotatable bonds is 2. The third kappa shape index (κ3) is 2.93. The molecule has 0 atom stereocenters. The molecule has 2 aliphatic heterocycles. The summed E-state index contributed by atoms with van der Waals surface area (Å²) in [5.74, 6) is 1.51. The van der Waals surface area contributed by atoms with E-state index in [4.69, 9.17) is 4.74 Å². The molecule has 20 heavy (non-hydrogen) atoms. The predicted molar refractivity (Wildman–Crippen MR) is 76.6 cm³/mol. The van der Waals surface area contributed by atoms with E-state index < -0.39 is 0 Å². The maximum Gasteiger partial charge on any atom is 0.225 e. The molecule has 1 aromatic heterocycles. The Balaban J connectivity index is 1.54. The number of ether oxygens (including phenoxy) is 1. The normalized spacial score (nSPS) is 21.0. The molecule has 0 unspecified atom stereocenters. The lowest BCUT2D eigenvalue weighted by molar-refractivity contribution is -0.140. The molecule has 0 spiro atoms. The summed E-state index contributed by atoms with van der Waals surface area (Å²) in [4.78, 5) is 21.0. The van der Waals surface area contributed by atoms with Gasteiger partial charge in [-0.05, 0) is 25.0 Å². The lowest BCUT2D eigenvalue weighted by atomic mass is 9.95. The van der Waals surface area contributed by atoms with Gasteiger partial charge in [-0.25, -0.2) is 4.98 Å². The second-order valence-corrected chi connectivity index (χ2v) is 5.39. The van der Waals surface area contributed by atoms with Crippen LogP contribution in [0.2, 0.25) is 0 Å². The van der Waals surface area contributed by atoms with Crippen LogP contribution < -0.4 is 4.90 Å². The van der Waals surface area contributed by atoms with Crippen molar-refractivity contribution in [2.45, 2.75) is 12.8 Å². The van der Waals surface area contributed by atoms with Gasteiger partial charge < -0.3 is 14.5 Å². The first-order valence-corrected chi connectivity index (χ1v) is 7.37. The number of carbonyl (C=O) groups excluding carboxylic acids is 1. The minimum atomic E-state index is 0.174. The first-order chi connectivity index (χ1) is 9.84. The van der Waals surface area contributed by atoms with Crippen molar-refractivity contribution >= 4 is 11.7 Å². The second-order valence-electron chi connectivity index (χ2n) is 5.39. The summed E-state index contributed by atoms with van der Waals surface area (Å²) >= 11 is 0. The van der Waals surface area contributed by atoms with Crippen LogP contribution in [0.4, 0.5) is 5.82 Å². The molecule has 3 heterocycles. The summed E-state index contributed by atoms with van der Waals surface area (Å²) < 4.78 is 5.30. The number of amides is 1. The maximum atomic E-state index is 12.4. The average molecular weight is 275 g/mol. The van der Waals surface area contributed by atoms with Crippen LogP contribution >= 0.6 is 0 Å². The quantitative estimate of drug-likeness (QED) is 0.812. The van der Waals surface area contributed by atoms with E-state index in [0.717, 1.165) is 44.8 Å². The van der Waals surface area contributed by atoms with Crippen molar-refractivity contribution in [2.75, 3.05) is 44.3 Å². The van der Waals surface area contributed by atoms with Crippen molar-refractivity contribution < 1.29 is 9.53 Å². The molecule has 0 aliphatic carbocycles. The molecule has 5 nitrogen and oxygen atoms in total. The monoisotopic (exact) mass is 275 g/mol. The number of carbonyl (C=O) groups is 1. The highest BCUT2D eigenvalue weighted by atomic mass is 16.5. The Morgan fingerprint density at radius 1 is 1.15 bits per heavy atom. The van der Waals surface area contributed by atoms with Gasteiger partial charge in [0.1, 0.15) is 5.82 Å². The van der Waals surface area contributed by atoms with E-state index in [0.29, 0.717) is 19.1 Å². The zero-order valence-corrected chi connectivity index (χ0v) is 11.7. The second kappa shape index (κ2) is 6.22. The number of piperidine rings is 1. The number of hydrogen-bond acceptors (Lipinski definition) is 4. The van der Waals surface area contributed by atoms with E-state index in [1.807, 2.05) is 29.3 Å². The van der Waals surface area contributed by atoms with Crippen molar-refractivity contribution in [2.24, 2.45) is 5.92 Å². The fourth-order valence-corrected chi connectivity index (χ4v) is 2.94. The minimum Gasteiger partial charge on any atom is -0.378 e. The molecule has 0 aromatic carbocycles. The summed E-state index contributed by atoms with van der Waals surface area (Å²) in [5, 5.41) is 0.